The number of aromatic nitrogens is 2. The summed E-state index contributed by atoms with van der Waals surface area (Å²) in [5.74, 6) is 7.53. The minimum Gasteiger partial charge on any atom is -0.388 e. The summed E-state index contributed by atoms with van der Waals surface area (Å²) in [4.78, 5) is 9.00. The lowest BCUT2D eigenvalue weighted by Gasteiger charge is -2.24. The molecule has 1 atom stereocenters. The molecule has 0 spiro atoms. The van der Waals surface area contributed by atoms with Crippen LogP contribution >= 0.6 is 0 Å². The molecule has 0 aliphatic heterocycles. The molecule has 1 aromatic rings. The van der Waals surface area contributed by atoms with Crippen molar-refractivity contribution in [1.29, 1.82) is 0 Å². The van der Waals surface area contributed by atoms with E-state index in [0.29, 0.717) is 30.4 Å². The average Bonchev–Trinajstić information content (AvgIpc) is 2.36. The van der Waals surface area contributed by atoms with Gasteiger partial charge in [-0.3, -0.25) is 0 Å². The first-order valence-electron chi connectivity index (χ1n) is 6.92. The summed E-state index contributed by atoms with van der Waals surface area (Å²) < 4.78 is 0. The quantitative estimate of drug-likeness (QED) is 0.486. The predicted octanol–water partition coefficient (Wildman–Crippen LogP) is 1.94. The number of aliphatic hydroxyl groups is 1. The first-order chi connectivity index (χ1) is 9.10. The molecule has 0 aromatic carbocycles. The number of anilines is 2. The highest BCUT2D eigenvalue weighted by Crippen LogP contribution is 2.26. The van der Waals surface area contributed by atoms with Gasteiger partial charge in [-0.15, -0.1) is 0 Å². The second kappa shape index (κ2) is 5.93. The Hall–Kier alpha value is -1.40. The fourth-order valence-electron chi connectivity index (χ4n) is 1.56. The topological polar surface area (TPSA) is 96.1 Å². The molecule has 5 N–H and O–H groups in total. The van der Waals surface area contributed by atoms with Crippen molar-refractivity contribution in [2.24, 2.45) is 5.84 Å². The van der Waals surface area contributed by atoms with Crippen LogP contribution in [0, 0.1) is 6.92 Å². The number of nitrogens with one attached hydrogen (secondary N) is 2. The van der Waals surface area contributed by atoms with E-state index in [9.17, 15) is 5.11 Å². The molecule has 6 nitrogen and oxygen atoms in total. The lowest BCUT2D eigenvalue weighted by Crippen LogP contribution is -2.33. The molecule has 1 rings (SSSR count). The van der Waals surface area contributed by atoms with Gasteiger partial charge in [-0.1, -0.05) is 27.7 Å². The zero-order valence-corrected chi connectivity index (χ0v) is 13.3. The second-order valence-corrected chi connectivity index (χ2v) is 6.47. The van der Waals surface area contributed by atoms with Crippen LogP contribution in [0.4, 0.5) is 11.6 Å². The average molecular weight is 281 g/mol. The van der Waals surface area contributed by atoms with Gasteiger partial charge < -0.3 is 15.8 Å². The molecule has 1 heterocycles. The largest absolute Gasteiger partial charge is 0.388 e. The molecule has 0 bridgehead atoms. The number of hydrogen-bond acceptors (Lipinski definition) is 6. The maximum absolute atomic E-state index is 10.1. The van der Waals surface area contributed by atoms with Gasteiger partial charge in [-0.05, 0) is 20.3 Å². The maximum Gasteiger partial charge on any atom is 0.148 e. The van der Waals surface area contributed by atoms with Gasteiger partial charge in [0.05, 0.1) is 5.60 Å². The highest BCUT2D eigenvalue weighted by molar-refractivity contribution is 5.57. The van der Waals surface area contributed by atoms with Crippen LogP contribution < -0.4 is 16.6 Å². The van der Waals surface area contributed by atoms with Crippen LogP contribution in [-0.4, -0.2) is 27.2 Å². The van der Waals surface area contributed by atoms with Crippen molar-refractivity contribution in [3.05, 3.63) is 11.4 Å². The van der Waals surface area contributed by atoms with Gasteiger partial charge in [0.2, 0.25) is 0 Å². The third-order valence-electron chi connectivity index (χ3n) is 3.35. The van der Waals surface area contributed by atoms with Gasteiger partial charge in [-0.2, -0.15) is 0 Å². The zero-order valence-electron chi connectivity index (χ0n) is 13.3. The van der Waals surface area contributed by atoms with Crippen LogP contribution in [-0.2, 0) is 5.41 Å². The SMILES string of the molecule is CCC(C)(O)CNc1nc(C(C)(C)C)nc(NN)c1C. The highest BCUT2D eigenvalue weighted by atomic mass is 16.3. The Morgan fingerprint density at radius 2 is 1.70 bits per heavy atom. The molecule has 0 saturated carbocycles. The van der Waals surface area contributed by atoms with Crippen LogP contribution in [0.1, 0.15) is 52.4 Å². The van der Waals surface area contributed by atoms with Crippen molar-refractivity contribution in [3.63, 3.8) is 0 Å². The minimum absolute atomic E-state index is 0.178. The molecule has 0 amide bonds. The van der Waals surface area contributed by atoms with Crippen molar-refractivity contribution < 1.29 is 5.11 Å². The van der Waals surface area contributed by atoms with Crippen LogP contribution in [0.15, 0.2) is 0 Å². The van der Waals surface area contributed by atoms with Crippen molar-refractivity contribution in [3.8, 4) is 0 Å². The highest BCUT2D eigenvalue weighted by Gasteiger charge is 2.22. The number of nitrogens with two attached hydrogens (primary N) is 1. The summed E-state index contributed by atoms with van der Waals surface area (Å²) in [5, 5.41) is 13.3. The van der Waals surface area contributed by atoms with Crippen molar-refractivity contribution >= 4 is 11.6 Å². The molecule has 114 valence electrons. The van der Waals surface area contributed by atoms with E-state index in [4.69, 9.17) is 5.84 Å². The number of hydrogen-bond donors (Lipinski definition) is 4. The number of hydrazine groups is 1. The molecule has 0 saturated heterocycles. The predicted molar refractivity (Wildman–Crippen MR) is 82.7 cm³/mol. The van der Waals surface area contributed by atoms with Crippen molar-refractivity contribution in [2.75, 3.05) is 17.3 Å². The van der Waals surface area contributed by atoms with Gasteiger partial charge in [0.15, 0.2) is 0 Å². The van der Waals surface area contributed by atoms with Crippen LogP contribution in [0.2, 0.25) is 0 Å². The Morgan fingerprint density at radius 1 is 1.15 bits per heavy atom. The first kappa shape index (κ1) is 16.7. The van der Waals surface area contributed by atoms with Crippen LogP contribution in [0.5, 0.6) is 0 Å². The Balaban J connectivity index is 3.12. The summed E-state index contributed by atoms with van der Waals surface area (Å²) in [7, 11) is 0. The molecule has 20 heavy (non-hydrogen) atoms. The van der Waals surface area contributed by atoms with Gasteiger partial charge in [-0.25, -0.2) is 15.8 Å². The molecule has 1 unspecified atom stereocenters. The fraction of sp³-hybridized carbons (Fsp3) is 0.714. The number of nitrogens with zero attached hydrogens (tertiary/aromatic N) is 2. The molecule has 0 radical (unpaired) electrons. The number of nitrogen functional groups attached to an aromatic ring is 1. The Kier molecular flexibility index (Phi) is 4.94. The Labute approximate surface area is 121 Å². The van der Waals surface area contributed by atoms with Crippen molar-refractivity contribution in [2.45, 2.75) is 59.0 Å². The smallest absolute Gasteiger partial charge is 0.148 e. The summed E-state index contributed by atoms with van der Waals surface area (Å²) in [6.45, 7) is 12.2. The van der Waals surface area contributed by atoms with E-state index in [2.05, 4.69) is 20.7 Å². The van der Waals surface area contributed by atoms with Crippen LogP contribution in [0.25, 0.3) is 0 Å². The molecular formula is C14H27N5O. The molecule has 0 aliphatic carbocycles. The molecule has 6 heteroatoms. The van der Waals surface area contributed by atoms with Gasteiger partial charge in [0.25, 0.3) is 0 Å². The van der Waals surface area contributed by atoms with E-state index in [-0.39, 0.29) is 5.41 Å². The van der Waals surface area contributed by atoms with E-state index >= 15 is 0 Å². The third kappa shape index (κ3) is 4.05. The molecule has 0 aliphatic rings. The second-order valence-electron chi connectivity index (χ2n) is 6.47. The summed E-state index contributed by atoms with van der Waals surface area (Å²) in [6.07, 6.45) is 0.665. The van der Waals surface area contributed by atoms with E-state index in [1.807, 2.05) is 34.6 Å². The lowest BCUT2D eigenvalue weighted by molar-refractivity contribution is 0.0696. The fourth-order valence-corrected chi connectivity index (χ4v) is 1.56. The number of rotatable bonds is 5. The van der Waals surface area contributed by atoms with Crippen LogP contribution in [0.3, 0.4) is 0 Å². The monoisotopic (exact) mass is 281 g/mol. The van der Waals surface area contributed by atoms with Gasteiger partial charge in [0.1, 0.15) is 17.5 Å². The summed E-state index contributed by atoms with van der Waals surface area (Å²) in [5.41, 5.74) is 2.50. The molecule has 0 fully saturated rings. The van der Waals surface area contributed by atoms with E-state index in [1.165, 1.54) is 0 Å². The van der Waals surface area contributed by atoms with Crippen molar-refractivity contribution in [1.82, 2.24) is 9.97 Å². The minimum atomic E-state index is -0.768. The molecular weight excluding hydrogens is 254 g/mol. The van der Waals surface area contributed by atoms with E-state index in [1.54, 1.807) is 6.92 Å². The van der Waals surface area contributed by atoms with E-state index < -0.39 is 5.60 Å². The summed E-state index contributed by atoms with van der Waals surface area (Å²) in [6, 6.07) is 0. The summed E-state index contributed by atoms with van der Waals surface area (Å²) >= 11 is 0. The Bertz CT molecular complexity index is 465. The lowest BCUT2D eigenvalue weighted by atomic mass is 9.95. The normalized spacial score (nSPS) is 14.8. The zero-order chi connectivity index (χ0) is 15.6. The van der Waals surface area contributed by atoms with Gasteiger partial charge in [0, 0.05) is 17.5 Å². The Morgan fingerprint density at radius 3 is 2.15 bits per heavy atom. The standard InChI is InChI=1S/C14H27N5O/c1-7-14(6,20)8-16-10-9(2)11(19-15)18-12(17-10)13(3,4)5/h20H,7-8,15H2,1-6H3,(H2,16,17,18,19). The first-order valence-corrected chi connectivity index (χ1v) is 6.92. The maximum atomic E-state index is 10.1. The van der Waals surface area contributed by atoms with Gasteiger partial charge >= 0.3 is 0 Å². The van der Waals surface area contributed by atoms with E-state index in [0.717, 1.165) is 5.56 Å². The third-order valence-corrected chi connectivity index (χ3v) is 3.35. The molecule has 1 aromatic heterocycles.